The Hall–Kier alpha value is -2.70. The summed E-state index contributed by atoms with van der Waals surface area (Å²) in [6, 6.07) is 6.61. The molecule has 1 aromatic carbocycles. The number of hydrogen-bond acceptors (Lipinski definition) is 3. The minimum absolute atomic E-state index is 0.0405. The van der Waals surface area contributed by atoms with Crippen LogP contribution in [0, 0.1) is 6.92 Å². The van der Waals surface area contributed by atoms with Crippen molar-refractivity contribution in [1.82, 2.24) is 20.2 Å². The molecular weight excluding hydrogens is 249 g/mol. The minimum Gasteiger partial charge on any atom is -0.318 e. The van der Waals surface area contributed by atoms with Gasteiger partial charge in [-0.25, -0.2) is 0 Å². The molecule has 2 N–H and O–H groups in total. The summed E-state index contributed by atoms with van der Waals surface area (Å²) in [5.41, 5.74) is 1.56. The van der Waals surface area contributed by atoms with E-state index in [0.717, 1.165) is 5.69 Å². The third-order valence-corrected chi connectivity index (χ3v) is 2.84. The van der Waals surface area contributed by atoms with E-state index in [2.05, 4.69) is 20.6 Å². The van der Waals surface area contributed by atoms with Gasteiger partial charge < -0.3 is 5.32 Å². The van der Waals surface area contributed by atoms with E-state index in [0.29, 0.717) is 11.1 Å². The molecule has 0 saturated carbocycles. The van der Waals surface area contributed by atoms with Crippen molar-refractivity contribution in [2.45, 2.75) is 6.92 Å². The molecule has 0 aliphatic rings. The SMILES string of the molecule is Cc1[nH]ncc1NC(=O)c1nn(F)c2ccccc12. The number of carbonyl (C=O) groups is 1. The second-order valence-electron chi connectivity index (χ2n) is 4.09. The Labute approximate surface area is 107 Å². The van der Waals surface area contributed by atoms with Gasteiger partial charge in [-0.3, -0.25) is 9.89 Å². The zero-order valence-electron chi connectivity index (χ0n) is 10.0. The molecule has 0 fully saturated rings. The maximum atomic E-state index is 13.5. The highest BCUT2D eigenvalue weighted by Gasteiger charge is 2.18. The number of anilines is 1. The largest absolute Gasteiger partial charge is 0.318 e. The van der Waals surface area contributed by atoms with Gasteiger partial charge in [-0.2, -0.15) is 5.10 Å². The predicted octanol–water partition coefficient (Wildman–Crippen LogP) is 2.05. The normalized spacial score (nSPS) is 10.8. The average Bonchev–Trinajstić information content (AvgIpc) is 2.95. The first kappa shape index (κ1) is 11.4. The van der Waals surface area contributed by atoms with Crippen molar-refractivity contribution < 1.29 is 9.28 Å². The summed E-state index contributed by atoms with van der Waals surface area (Å²) in [5, 5.41) is 13.2. The second kappa shape index (κ2) is 4.20. The van der Waals surface area contributed by atoms with Crippen LogP contribution in [0.5, 0.6) is 0 Å². The van der Waals surface area contributed by atoms with Crippen molar-refractivity contribution >= 4 is 22.5 Å². The fourth-order valence-corrected chi connectivity index (χ4v) is 1.86. The zero-order chi connectivity index (χ0) is 13.4. The van der Waals surface area contributed by atoms with E-state index in [1.54, 1.807) is 31.2 Å². The monoisotopic (exact) mass is 259 g/mol. The zero-order valence-corrected chi connectivity index (χ0v) is 10.0. The van der Waals surface area contributed by atoms with Gasteiger partial charge >= 0.3 is 0 Å². The number of halogens is 1. The number of aryl methyl sites for hydroxylation is 1. The second-order valence-corrected chi connectivity index (χ2v) is 4.09. The summed E-state index contributed by atoms with van der Waals surface area (Å²) in [5.74, 6) is -0.475. The number of rotatable bonds is 2. The Balaban J connectivity index is 2.01. The number of fused-ring (bicyclic) bond motifs is 1. The molecule has 0 aliphatic carbocycles. The summed E-state index contributed by atoms with van der Waals surface area (Å²) >= 11 is 0. The average molecular weight is 259 g/mol. The van der Waals surface area contributed by atoms with Crippen molar-refractivity contribution in [3.63, 3.8) is 0 Å². The molecule has 19 heavy (non-hydrogen) atoms. The maximum absolute atomic E-state index is 13.5. The number of amides is 1. The van der Waals surface area contributed by atoms with Crippen molar-refractivity contribution in [3.8, 4) is 0 Å². The van der Waals surface area contributed by atoms with Gasteiger partial charge in [-0.05, 0) is 13.0 Å². The molecule has 6 nitrogen and oxygen atoms in total. The first-order valence-electron chi connectivity index (χ1n) is 5.62. The van der Waals surface area contributed by atoms with Crippen LogP contribution >= 0.6 is 0 Å². The highest BCUT2D eigenvalue weighted by atomic mass is 19.2. The number of benzene rings is 1. The molecule has 1 amide bonds. The standard InChI is InChI=1S/C12H10FN5O/c1-7-9(6-14-16-7)15-12(19)11-8-4-2-3-5-10(8)18(13)17-11/h2-6H,1H3,(H,14,16)(H,15,19). The van der Waals surface area contributed by atoms with E-state index in [1.165, 1.54) is 6.20 Å². The smallest absolute Gasteiger partial charge is 0.277 e. The molecule has 0 aliphatic heterocycles. The number of nitrogens with one attached hydrogen (secondary N) is 2. The molecule has 2 heterocycles. The molecule has 96 valence electrons. The molecule has 0 radical (unpaired) electrons. The van der Waals surface area contributed by atoms with Gasteiger partial charge in [0.15, 0.2) is 5.69 Å². The van der Waals surface area contributed by atoms with Crippen molar-refractivity contribution in [3.05, 3.63) is 41.9 Å². The van der Waals surface area contributed by atoms with Gasteiger partial charge in [0, 0.05) is 5.39 Å². The number of hydrogen-bond donors (Lipinski definition) is 2. The first-order chi connectivity index (χ1) is 9.16. The third kappa shape index (κ3) is 1.85. The summed E-state index contributed by atoms with van der Waals surface area (Å²) in [6.07, 6.45) is 1.49. The molecule has 7 heteroatoms. The summed E-state index contributed by atoms with van der Waals surface area (Å²) < 4.78 is 13.5. The van der Waals surface area contributed by atoms with Gasteiger partial charge in [0.1, 0.15) is 5.52 Å². The van der Waals surface area contributed by atoms with Crippen LogP contribution in [-0.4, -0.2) is 26.1 Å². The third-order valence-electron chi connectivity index (χ3n) is 2.84. The molecule has 2 aromatic heterocycles. The number of aromatic nitrogens is 4. The molecule has 0 unspecified atom stereocenters. The Bertz CT molecular complexity index is 760. The van der Waals surface area contributed by atoms with Gasteiger partial charge in [0.05, 0.1) is 17.6 Å². The number of carbonyl (C=O) groups excluding carboxylic acids is 1. The van der Waals surface area contributed by atoms with Gasteiger partial charge in [-0.15, -0.1) is 5.10 Å². The van der Waals surface area contributed by atoms with Crippen LogP contribution in [0.3, 0.4) is 0 Å². The molecule has 0 bridgehead atoms. The lowest BCUT2D eigenvalue weighted by atomic mass is 10.2. The predicted molar refractivity (Wildman–Crippen MR) is 67.5 cm³/mol. The van der Waals surface area contributed by atoms with E-state index < -0.39 is 5.91 Å². The van der Waals surface area contributed by atoms with Crippen molar-refractivity contribution in [1.29, 1.82) is 0 Å². The van der Waals surface area contributed by atoms with Crippen LogP contribution in [0.4, 0.5) is 10.2 Å². The van der Waals surface area contributed by atoms with E-state index in [-0.39, 0.29) is 16.1 Å². The lowest BCUT2D eigenvalue weighted by molar-refractivity contribution is 0.102. The van der Waals surface area contributed by atoms with Gasteiger partial charge in [0.2, 0.25) is 0 Å². The minimum atomic E-state index is -0.475. The van der Waals surface area contributed by atoms with Crippen molar-refractivity contribution in [2.75, 3.05) is 5.32 Å². The number of para-hydroxylation sites is 1. The topological polar surface area (TPSA) is 75.6 Å². The molecule has 0 spiro atoms. The van der Waals surface area contributed by atoms with E-state index in [4.69, 9.17) is 0 Å². The van der Waals surface area contributed by atoms with Gasteiger partial charge in [-0.1, -0.05) is 27.6 Å². The van der Waals surface area contributed by atoms with E-state index >= 15 is 0 Å². The number of nitrogens with zero attached hydrogens (tertiary/aromatic N) is 3. The Morgan fingerprint density at radius 2 is 2.21 bits per heavy atom. The maximum Gasteiger partial charge on any atom is 0.277 e. The van der Waals surface area contributed by atoms with Crippen LogP contribution in [0.1, 0.15) is 16.2 Å². The van der Waals surface area contributed by atoms with Crippen LogP contribution in [0.2, 0.25) is 0 Å². The van der Waals surface area contributed by atoms with Crippen LogP contribution in [-0.2, 0) is 0 Å². The van der Waals surface area contributed by atoms with Crippen LogP contribution in [0.25, 0.3) is 10.9 Å². The fourth-order valence-electron chi connectivity index (χ4n) is 1.86. The number of H-pyrrole nitrogens is 1. The highest BCUT2D eigenvalue weighted by Crippen LogP contribution is 2.20. The Kier molecular flexibility index (Phi) is 2.52. The quantitative estimate of drug-likeness (QED) is 0.739. The molecule has 3 aromatic rings. The van der Waals surface area contributed by atoms with E-state index in [1.807, 2.05) is 0 Å². The molecule has 0 atom stereocenters. The van der Waals surface area contributed by atoms with Crippen molar-refractivity contribution in [2.24, 2.45) is 0 Å². The fraction of sp³-hybridized carbons (Fsp3) is 0.0833. The summed E-state index contributed by atoms with van der Waals surface area (Å²) in [6.45, 7) is 1.77. The van der Waals surface area contributed by atoms with Crippen LogP contribution < -0.4 is 5.32 Å². The Morgan fingerprint density at radius 1 is 1.42 bits per heavy atom. The first-order valence-corrected chi connectivity index (χ1v) is 5.62. The molecule has 0 saturated heterocycles. The lowest BCUT2D eigenvalue weighted by Gasteiger charge is -2.00. The lowest BCUT2D eigenvalue weighted by Crippen LogP contribution is -2.13. The van der Waals surface area contributed by atoms with Crippen LogP contribution in [0.15, 0.2) is 30.5 Å². The summed E-state index contributed by atoms with van der Waals surface area (Å²) in [7, 11) is 0. The Morgan fingerprint density at radius 3 is 2.95 bits per heavy atom. The van der Waals surface area contributed by atoms with Gasteiger partial charge in [0.25, 0.3) is 5.91 Å². The van der Waals surface area contributed by atoms with E-state index in [9.17, 15) is 9.28 Å². The molecule has 3 rings (SSSR count). The molecular formula is C12H10FN5O. The highest BCUT2D eigenvalue weighted by molar-refractivity contribution is 6.11. The number of aromatic amines is 1. The summed E-state index contributed by atoms with van der Waals surface area (Å²) in [4.78, 5) is 12.3.